The zero-order valence-corrected chi connectivity index (χ0v) is 18.2. The van der Waals surface area contributed by atoms with Crippen LogP contribution in [0.25, 0.3) is 10.8 Å². The Hall–Kier alpha value is -2.24. The fraction of sp³-hybridized carbons (Fsp3) is 0.391. The number of carbonyl (C=O) groups is 2. The summed E-state index contributed by atoms with van der Waals surface area (Å²) in [6.45, 7) is 10.8. The van der Waals surface area contributed by atoms with Crippen LogP contribution in [-0.2, 0) is 14.0 Å². The van der Waals surface area contributed by atoms with Gasteiger partial charge in [0.05, 0.1) is 12.5 Å². The summed E-state index contributed by atoms with van der Waals surface area (Å²) in [6, 6.07) is 13.4. The highest BCUT2D eigenvalue weighted by molar-refractivity contribution is 6.74. The summed E-state index contributed by atoms with van der Waals surface area (Å²) in [5.41, 5.74) is 0.495. The molecule has 0 bridgehead atoms. The number of esters is 1. The van der Waals surface area contributed by atoms with Crippen molar-refractivity contribution in [1.29, 1.82) is 0 Å². The van der Waals surface area contributed by atoms with E-state index in [0.717, 1.165) is 10.8 Å². The maximum atomic E-state index is 12.4. The Morgan fingerprint density at radius 2 is 1.79 bits per heavy atom. The van der Waals surface area contributed by atoms with Crippen LogP contribution >= 0.6 is 0 Å². The highest BCUT2D eigenvalue weighted by Gasteiger charge is 2.40. The Bertz CT molecular complexity index is 937. The molecule has 1 atom stereocenters. The lowest BCUT2D eigenvalue weighted by molar-refractivity contribution is -0.134. The van der Waals surface area contributed by atoms with Crippen molar-refractivity contribution in [2.45, 2.75) is 57.8 Å². The minimum Gasteiger partial charge on any atom is -0.426 e. The summed E-state index contributed by atoms with van der Waals surface area (Å²) in [7, 11) is -1.97. The van der Waals surface area contributed by atoms with Gasteiger partial charge in [0.2, 0.25) is 0 Å². The van der Waals surface area contributed by atoms with E-state index >= 15 is 0 Å². The zero-order chi connectivity index (χ0) is 20.5. The number of ketones is 1. The zero-order valence-electron chi connectivity index (χ0n) is 17.2. The van der Waals surface area contributed by atoms with Crippen LogP contribution < -0.4 is 4.74 Å². The molecule has 0 aliphatic heterocycles. The van der Waals surface area contributed by atoms with Gasteiger partial charge in [0, 0.05) is 12.0 Å². The first kappa shape index (κ1) is 20.5. The van der Waals surface area contributed by atoms with E-state index in [1.807, 2.05) is 42.5 Å². The molecule has 3 rings (SSSR count). The lowest BCUT2D eigenvalue weighted by Crippen LogP contribution is -2.43. The van der Waals surface area contributed by atoms with E-state index in [2.05, 4.69) is 33.9 Å². The molecule has 2 aromatic carbocycles. The first-order chi connectivity index (χ1) is 13.0. The van der Waals surface area contributed by atoms with Gasteiger partial charge in [-0.3, -0.25) is 9.59 Å². The third-order valence-electron chi connectivity index (χ3n) is 5.67. The predicted molar refractivity (Wildman–Crippen MR) is 114 cm³/mol. The highest BCUT2D eigenvalue weighted by atomic mass is 28.4. The van der Waals surface area contributed by atoms with Gasteiger partial charge in [-0.25, -0.2) is 0 Å². The molecular formula is C23H28O4Si. The van der Waals surface area contributed by atoms with Crippen LogP contribution in [-0.4, -0.2) is 26.2 Å². The summed E-state index contributed by atoms with van der Waals surface area (Å²) >= 11 is 0. The predicted octanol–water partition coefficient (Wildman–Crippen LogP) is 5.42. The van der Waals surface area contributed by atoms with Crippen LogP contribution in [0.5, 0.6) is 5.75 Å². The number of fused-ring (bicyclic) bond motifs is 1. The van der Waals surface area contributed by atoms with E-state index < -0.39 is 14.3 Å². The Morgan fingerprint density at radius 1 is 1.11 bits per heavy atom. The van der Waals surface area contributed by atoms with Gasteiger partial charge in [0.1, 0.15) is 5.75 Å². The molecule has 2 aromatic rings. The van der Waals surface area contributed by atoms with Gasteiger partial charge >= 0.3 is 5.97 Å². The first-order valence-corrected chi connectivity index (χ1v) is 12.6. The monoisotopic (exact) mass is 396 g/mol. The van der Waals surface area contributed by atoms with Gasteiger partial charge in [-0.1, -0.05) is 51.1 Å². The van der Waals surface area contributed by atoms with Gasteiger partial charge in [-0.05, 0) is 47.1 Å². The van der Waals surface area contributed by atoms with Crippen LogP contribution in [0.3, 0.4) is 0 Å². The second-order valence-corrected chi connectivity index (χ2v) is 13.7. The molecule has 0 radical (unpaired) electrons. The van der Waals surface area contributed by atoms with E-state index in [-0.39, 0.29) is 23.3 Å². The normalized spacial score (nSPS) is 17.7. The maximum absolute atomic E-state index is 12.4. The molecule has 0 amide bonds. The van der Waals surface area contributed by atoms with E-state index in [1.165, 1.54) is 0 Å². The number of carbonyl (C=O) groups excluding carboxylic acids is 2. The van der Waals surface area contributed by atoms with Crippen LogP contribution in [0.15, 0.2) is 54.1 Å². The van der Waals surface area contributed by atoms with E-state index in [1.54, 1.807) is 6.07 Å². The average Bonchev–Trinajstić information content (AvgIpc) is 2.92. The summed E-state index contributed by atoms with van der Waals surface area (Å²) in [5, 5.41) is 2.16. The first-order valence-electron chi connectivity index (χ1n) is 9.66. The molecule has 28 heavy (non-hydrogen) atoms. The van der Waals surface area contributed by atoms with Crippen molar-refractivity contribution in [3.8, 4) is 5.75 Å². The number of hydrogen-bond donors (Lipinski definition) is 0. The standard InChI is InChI=1S/C23H28O4Si/c1-23(2,3)28(4,5)27-20-13-18(21(24)15-20)14-22(25)26-19-11-10-16-8-6-7-9-17(16)12-19/h6-13,20H,14-15H2,1-5H3/t20-/m0/s1. The van der Waals surface area contributed by atoms with Gasteiger partial charge in [0.25, 0.3) is 0 Å². The summed E-state index contributed by atoms with van der Waals surface area (Å²) < 4.78 is 11.8. The Labute approximate surface area is 167 Å². The van der Waals surface area contributed by atoms with Crippen LogP contribution in [0.1, 0.15) is 33.6 Å². The van der Waals surface area contributed by atoms with Crippen molar-refractivity contribution < 1.29 is 18.8 Å². The van der Waals surface area contributed by atoms with Crippen molar-refractivity contribution >= 4 is 30.8 Å². The maximum Gasteiger partial charge on any atom is 0.315 e. The van der Waals surface area contributed by atoms with Crippen molar-refractivity contribution in [1.82, 2.24) is 0 Å². The smallest absolute Gasteiger partial charge is 0.315 e. The highest BCUT2D eigenvalue weighted by Crippen LogP contribution is 2.39. The Morgan fingerprint density at radius 3 is 2.46 bits per heavy atom. The molecule has 0 fully saturated rings. The van der Waals surface area contributed by atoms with Crippen molar-refractivity contribution in [2.24, 2.45) is 0 Å². The second-order valence-electron chi connectivity index (χ2n) is 8.90. The summed E-state index contributed by atoms with van der Waals surface area (Å²) in [5.74, 6) is 0.0332. The fourth-order valence-corrected chi connectivity index (χ4v) is 4.29. The molecule has 0 unspecified atom stereocenters. The van der Waals surface area contributed by atoms with E-state index in [9.17, 15) is 9.59 Å². The number of benzene rings is 2. The number of hydrogen-bond acceptors (Lipinski definition) is 4. The second kappa shape index (κ2) is 7.64. The molecular weight excluding hydrogens is 368 g/mol. The number of rotatable bonds is 5. The van der Waals surface area contributed by atoms with Crippen molar-refractivity contribution in [3.05, 3.63) is 54.1 Å². The molecule has 0 spiro atoms. The minimum absolute atomic E-state index is 0.0248. The summed E-state index contributed by atoms with van der Waals surface area (Å²) in [4.78, 5) is 24.7. The van der Waals surface area contributed by atoms with Crippen LogP contribution in [0.4, 0.5) is 0 Å². The molecule has 0 saturated carbocycles. The molecule has 0 saturated heterocycles. The molecule has 148 valence electrons. The molecule has 4 nitrogen and oxygen atoms in total. The largest absolute Gasteiger partial charge is 0.426 e. The van der Waals surface area contributed by atoms with Crippen molar-refractivity contribution in [3.63, 3.8) is 0 Å². The molecule has 1 aliphatic rings. The SMILES string of the molecule is CC(C)(C)[Si](C)(C)O[C@H]1C=C(CC(=O)Oc2ccc3ccccc3c2)C(=O)C1. The molecule has 0 aromatic heterocycles. The summed E-state index contributed by atoms with van der Waals surface area (Å²) in [6.07, 6.45) is 1.86. The third-order valence-corrected chi connectivity index (χ3v) is 10.2. The topological polar surface area (TPSA) is 52.6 Å². The minimum atomic E-state index is -1.97. The quantitative estimate of drug-likeness (QED) is 0.384. The average molecular weight is 397 g/mol. The molecule has 5 heteroatoms. The number of Topliss-reactive ketones (excluding diaryl/α,β-unsaturated/α-hetero) is 1. The Balaban J connectivity index is 1.65. The Kier molecular flexibility index (Phi) is 5.59. The van der Waals surface area contributed by atoms with Crippen LogP contribution in [0.2, 0.25) is 18.1 Å². The molecule has 1 aliphatic carbocycles. The van der Waals surface area contributed by atoms with E-state index in [4.69, 9.17) is 9.16 Å². The van der Waals surface area contributed by atoms with Crippen LogP contribution in [0, 0.1) is 0 Å². The lowest BCUT2D eigenvalue weighted by atomic mass is 10.1. The lowest BCUT2D eigenvalue weighted by Gasteiger charge is -2.37. The molecule has 0 N–H and O–H groups in total. The number of ether oxygens (including phenoxy) is 1. The third kappa shape index (κ3) is 4.59. The van der Waals surface area contributed by atoms with Gasteiger partial charge in [-0.2, -0.15) is 0 Å². The fourth-order valence-electron chi connectivity index (χ4n) is 3.03. The van der Waals surface area contributed by atoms with Crippen molar-refractivity contribution in [2.75, 3.05) is 0 Å². The van der Waals surface area contributed by atoms with Gasteiger partial charge in [-0.15, -0.1) is 0 Å². The van der Waals surface area contributed by atoms with E-state index in [0.29, 0.717) is 17.7 Å². The van der Waals surface area contributed by atoms with Gasteiger partial charge in [0.15, 0.2) is 14.1 Å². The van der Waals surface area contributed by atoms with Gasteiger partial charge < -0.3 is 9.16 Å². The molecule has 0 heterocycles.